The quantitative estimate of drug-likeness (QED) is 0.812. The topological polar surface area (TPSA) is 58.6 Å². The number of hydrogen-bond acceptors (Lipinski definition) is 3. The molecule has 1 atom stereocenters. The fourth-order valence-electron chi connectivity index (χ4n) is 1.65. The molecule has 0 saturated heterocycles. The molecule has 0 heterocycles. The van der Waals surface area contributed by atoms with Crippen LogP contribution in [0.1, 0.15) is 37.5 Å². The Bertz CT molecular complexity index is 402. The van der Waals surface area contributed by atoms with Gasteiger partial charge in [0, 0.05) is 12.1 Å². The van der Waals surface area contributed by atoms with Gasteiger partial charge in [-0.3, -0.25) is 4.79 Å². The predicted molar refractivity (Wildman–Crippen MR) is 70.6 cm³/mol. The van der Waals surface area contributed by atoms with Crippen molar-refractivity contribution in [3.05, 3.63) is 29.3 Å². The average molecular weight is 251 g/mol. The number of ether oxygens (including phenoxy) is 1. The van der Waals surface area contributed by atoms with Crippen LogP contribution in [-0.2, 0) is 4.79 Å². The molecule has 0 aliphatic rings. The van der Waals surface area contributed by atoms with Crippen LogP contribution >= 0.6 is 0 Å². The molecule has 1 rings (SSSR count). The molecule has 0 aliphatic heterocycles. The van der Waals surface area contributed by atoms with Crippen LogP contribution in [0.2, 0.25) is 0 Å². The Kier molecular flexibility index (Phi) is 5.65. The van der Waals surface area contributed by atoms with E-state index in [0.717, 1.165) is 11.1 Å². The number of amides is 1. The Hall–Kier alpha value is -1.55. The lowest BCUT2D eigenvalue weighted by Crippen LogP contribution is -2.24. The zero-order chi connectivity index (χ0) is 13.5. The number of aliphatic hydroxyl groups is 1. The van der Waals surface area contributed by atoms with E-state index in [9.17, 15) is 9.90 Å². The van der Waals surface area contributed by atoms with Gasteiger partial charge in [-0.25, -0.2) is 0 Å². The zero-order valence-corrected chi connectivity index (χ0v) is 11.2. The largest absolute Gasteiger partial charge is 0.493 e. The lowest BCUT2D eigenvalue weighted by Gasteiger charge is -2.14. The average Bonchev–Trinajstić information content (AvgIpc) is 2.29. The van der Waals surface area contributed by atoms with E-state index in [1.807, 2.05) is 32.0 Å². The van der Waals surface area contributed by atoms with Crippen molar-refractivity contribution >= 4 is 5.91 Å². The molecule has 1 unspecified atom stereocenters. The number of carbonyl (C=O) groups is 1. The molecule has 0 saturated carbocycles. The number of hydrogen-bond donors (Lipinski definition) is 2. The van der Waals surface area contributed by atoms with E-state index in [2.05, 4.69) is 5.32 Å². The summed E-state index contributed by atoms with van der Waals surface area (Å²) in [6.45, 7) is 6.48. The Morgan fingerprint density at radius 3 is 2.83 bits per heavy atom. The molecule has 1 aromatic carbocycles. The number of carbonyl (C=O) groups excluding carboxylic acids is 1. The Morgan fingerprint density at radius 1 is 1.50 bits per heavy atom. The van der Waals surface area contributed by atoms with Gasteiger partial charge in [-0.1, -0.05) is 12.1 Å². The summed E-state index contributed by atoms with van der Waals surface area (Å²) in [6, 6.07) is 5.65. The van der Waals surface area contributed by atoms with Crippen LogP contribution in [0.4, 0.5) is 0 Å². The maximum absolute atomic E-state index is 11.3. The van der Waals surface area contributed by atoms with Crippen molar-refractivity contribution in [1.29, 1.82) is 0 Å². The summed E-state index contributed by atoms with van der Waals surface area (Å²) in [6.07, 6.45) is -0.258. The van der Waals surface area contributed by atoms with Crippen LogP contribution in [0.5, 0.6) is 5.75 Å². The predicted octanol–water partition coefficient (Wildman–Crippen LogP) is 1.95. The smallest absolute Gasteiger partial charge is 0.223 e. The molecule has 0 aliphatic carbocycles. The van der Waals surface area contributed by atoms with E-state index in [0.29, 0.717) is 25.3 Å². The van der Waals surface area contributed by atoms with Crippen LogP contribution in [0.3, 0.4) is 0 Å². The molecule has 0 spiro atoms. The van der Waals surface area contributed by atoms with E-state index >= 15 is 0 Å². The van der Waals surface area contributed by atoms with Gasteiger partial charge < -0.3 is 15.2 Å². The zero-order valence-electron chi connectivity index (χ0n) is 11.2. The van der Waals surface area contributed by atoms with Gasteiger partial charge in [0.2, 0.25) is 5.91 Å². The van der Waals surface area contributed by atoms with Crippen molar-refractivity contribution < 1.29 is 14.6 Å². The van der Waals surface area contributed by atoms with E-state index in [-0.39, 0.29) is 5.91 Å². The van der Waals surface area contributed by atoms with Gasteiger partial charge in [0.15, 0.2) is 0 Å². The van der Waals surface area contributed by atoms with Crippen LogP contribution in [-0.4, -0.2) is 24.2 Å². The summed E-state index contributed by atoms with van der Waals surface area (Å²) < 4.78 is 5.58. The second-order valence-corrected chi connectivity index (χ2v) is 4.27. The van der Waals surface area contributed by atoms with E-state index in [4.69, 9.17) is 4.74 Å². The Balaban J connectivity index is 2.60. The van der Waals surface area contributed by atoms with Gasteiger partial charge >= 0.3 is 0 Å². The van der Waals surface area contributed by atoms with E-state index in [1.54, 1.807) is 6.92 Å². The first-order valence-corrected chi connectivity index (χ1v) is 6.22. The highest BCUT2D eigenvalue weighted by Crippen LogP contribution is 2.26. The highest BCUT2D eigenvalue weighted by atomic mass is 16.5. The van der Waals surface area contributed by atoms with Crippen molar-refractivity contribution in [3.63, 3.8) is 0 Å². The van der Waals surface area contributed by atoms with Gasteiger partial charge in [0.1, 0.15) is 5.75 Å². The Labute approximate surface area is 108 Å². The van der Waals surface area contributed by atoms with Crippen LogP contribution in [0.25, 0.3) is 0 Å². The number of benzene rings is 1. The molecule has 4 heteroatoms. The number of nitrogens with one attached hydrogen (secondary N) is 1. The molecule has 2 N–H and O–H groups in total. The highest BCUT2D eigenvalue weighted by Gasteiger charge is 2.10. The monoisotopic (exact) mass is 251 g/mol. The number of rotatable bonds is 6. The molecule has 1 aromatic rings. The summed E-state index contributed by atoms with van der Waals surface area (Å²) in [5.41, 5.74) is 1.81. The highest BCUT2D eigenvalue weighted by molar-refractivity contribution is 5.75. The van der Waals surface area contributed by atoms with Gasteiger partial charge in [0.25, 0.3) is 0 Å². The summed E-state index contributed by atoms with van der Waals surface area (Å²) in [5, 5.41) is 12.3. The second-order valence-electron chi connectivity index (χ2n) is 4.27. The molecule has 100 valence electrons. The third-order valence-electron chi connectivity index (χ3n) is 2.58. The van der Waals surface area contributed by atoms with Crippen molar-refractivity contribution in [2.24, 2.45) is 0 Å². The van der Waals surface area contributed by atoms with Gasteiger partial charge in [-0.2, -0.15) is 0 Å². The Morgan fingerprint density at radius 2 is 2.22 bits per heavy atom. The van der Waals surface area contributed by atoms with E-state index < -0.39 is 6.10 Å². The summed E-state index contributed by atoms with van der Waals surface area (Å²) in [7, 11) is 0. The van der Waals surface area contributed by atoms with Gasteiger partial charge in [-0.15, -0.1) is 0 Å². The van der Waals surface area contributed by atoms with Crippen LogP contribution in [0, 0.1) is 6.92 Å². The van der Waals surface area contributed by atoms with Gasteiger partial charge in [0.05, 0.1) is 19.1 Å². The van der Waals surface area contributed by atoms with Crippen molar-refractivity contribution in [2.75, 3.05) is 13.2 Å². The maximum atomic E-state index is 11.3. The first-order chi connectivity index (χ1) is 8.54. The molecule has 0 fully saturated rings. The lowest BCUT2D eigenvalue weighted by atomic mass is 10.1. The minimum atomic E-state index is -0.579. The summed E-state index contributed by atoms with van der Waals surface area (Å²) >= 11 is 0. The van der Waals surface area contributed by atoms with Crippen LogP contribution < -0.4 is 10.1 Å². The standard InChI is InChI=1S/C14H21NO3/c1-4-15-14(17)7-8-18-13-9-10(2)5-6-12(13)11(3)16/h5-6,9,11,16H,4,7-8H2,1-3H3,(H,15,17). The first kappa shape index (κ1) is 14.5. The number of aliphatic hydroxyl groups excluding tert-OH is 1. The first-order valence-electron chi connectivity index (χ1n) is 6.22. The molecule has 1 amide bonds. The minimum Gasteiger partial charge on any atom is -0.493 e. The molecular weight excluding hydrogens is 230 g/mol. The third kappa shape index (κ3) is 4.37. The van der Waals surface area contributed by atoms with Gasteiger partial charge in [-0.05, 0) is 32.4 Å². The fraction of sp³-hybridized carbons (Fsp3) is 0.500. The van der Waals surface area contributed by atoms with E-state index in [1.165, 1.54) is 0 Å². The number of aryl methyl sites for hydroxylation is 1. The summed E-state index contributed by atoms with van der Waals surface area (Å²) in [5.74, 6) is 0.623. The SMILES string of the molecule is CCNC(=O)CCOc1cc(C)ccc1C(C)O. The molecular formula is C14H21NO3. The third-order valence-corrected chi connectivity index (χ3v) is 2.58. The molecule has 18 heavy (non-hydrogen) atoms. The molecule has 0 aromatic heterocycles. The van der Waals surface area contributed by atoms with Crippen LogP contribution in [0.15, 0.2) is 18.2 Å². The molecule has 0 radical (unpaired) electrons. The molecule has 4 nitrogen and oxygen atoms in total. The second kappa shape index (κ2) is 7.01. The van der Waals surface area contributed by atoms with Crippen molar-refractivity contribution in [2.45, 2.75) is 33.3 Å². The van der Waals surface area contributed by atoms with Crippen molar-refractivity contribution in [1.82, 2.24) is 5.32 Å². The van der Waals surface area contributed by atoms with Crippen molar-refractivity contribution in [3.8, 4) is 5.75 Å². The fourth-order valence-corrected chi connectivity index (χ4v) is 1.65. The normalized spacial score (nSPS) is 12.0. The maximum Gasteiger partial charge on any atom is 0.223 e. The minimum absolute atomic E-state index is 0.0243. The lowest BCUT2D eigenvalue weighted by molar-refractivity contribution is -0.121. The summed E-state index contributed by atoms with van der Waals surface area (Å²) in [4.78, 5) is 11.3. The molecule has 0 bridgehead atoms.